The summed E-state index contributed by atoms with van der Waals surface area (Å²) >= 11 is 0. The Morgan fingerprint density at radius 1 is 1.15 bits per heavy atom. The van der Waals surface area contributed by atoms with Crippen LogP contribution in [0.1, 0.15) is 47.3 Å². The van der Waals surface area contributed by atoms with E-state index < -0.39 is 0 Å². The number of amides is 2. The maximum Gasteiger partial charge on any atom is 0.255 e. The van der Waals surface area contributed by atoms with Crippen LogP contribution in [0, 0.1) is 6.92 Å². The molecular weight excluding hydrogens is 324 g/mol. The molecule has 134 valence electrons. The van der Waals surface area contributed by atoms with Crippen LogP contribution in [0.15, 0.2) is 42.5 Å². The molecule has 1 heterocycles. The molecule has 0 radical (unpaired) electrons. The number of carbonyl (C=O) groups is 2. The zero-order chi connectivity index (χ0) is 18.7. The van der Waals surface area contributed by atoms with Gasteiger partial charge in [-0.05, 0) is 61.6 Å². The van der Waals surface area contributed by atoms with Gasteiger partial charge in [-0.2, -0.15) is 0 Å². The van der Waals surface area contributed by atoms with Gasteiger partial charge in [-0.15, -0.1) is 0 Å². The van der Waals surface area contributed by atoms with Crippen molar-refractivity contribution in [2.75, 3.05) is 16.8 Å². The number of fused-ring (bicyclic) bond motifs is 1. The topological polar surface area (TPSA) is 49.4 Å². The molecule has 0 atom stereocenters. The number of nitrogens with one attached hydrogen (secondary N) is 1. The average Bonchev–Trinajstić information content (AvgIpc) is 2.61. The molecule has 1 aliphatic rings. The van der Waals surface area contributed by atoms with Gasteiger partial charge in [-0.25, -0.2) is 0 Å². The van der Waals surface area contributed by atoms with Crippen molar-refractivity contribution in [2.45, 2.75) is 33.6 Å². The van der Waals surface area contributed by atoms with E-state index in [0.29, 0.717) is 11.3 Å². The number of nitrogens with zero attached hydrogens (tertiary/aromatic N) is 1. The first kappa shape index (κ1) is 17.9. The van der Waals surface area contributed by atoms with Crippen molar-refractivity contribution in [3.05, 3.63) is 64.7 Å². The lowest BCUT2D eigenvalue weighted by molar-refractivity contribution is -0.116. The Morgan fingerprint density at radius 3 is 2.65 bits per heavy atom. The largest absolute Gasteiger partial charge is 0.322 e. The van der Waals surface area contributed by atoms with E-state index >= 15 is 0 Å². The minimum atomic E-state index is -0.139. The Morgan fingerprint density at radius 2 is 1.96 bits per heavy atom. The number of carbonyl (C=O) groups excluding carboxylic acids is 2. The molecule has 0 fully saturated rings. The highest BCUT2D eigenvalue weighted by Crippen LogP contribution is 2.30. The van der Waals surface area contributed by atoms with Crippen LogP contribution >= 0.6 is 0 Å². The molecule has 26 heavy (non-hydrogen) atoms. The molecule has 0 saturated heterocycles. The average molecular weight is 348 g/mol. The number of anilines is 2. The minimum absolute atomic E-state index is 0.0323. The van der Waals surface area contributed by atoms with Crippen molar-refractivity contribution in [1.82, 2.24) is 0 Å². The first-order valence-electron chi connectivity index (χ1n) is 8.95. The summed E-state index contributed by atoms with van der Waals surface area (Å²) in [5.41, 5.74) is 5.42. The van der Waals surface area contributed by atoms with Gasteiger partial charge < -0.3 is 10.2 Å². The summed E-state index contributed by atoms with van der Waals surface area (Å²) in [6.45, 7) is 6.21. The van der Waals surface area contributed by atoms with Crippen LogP contribution in [0.5, 0.6) is 0 Å². The number of hydrogen-bond donors (Lipinski definition) is 1. The molecule has 0 saturated carbocycles. The van der Waals surface area contributed by atoms with E-state index in [1.807, 2.05) is 62.4 Å². The Hall–Kier alpha value is -2.88. The van der Waals surface area contributed by atoms with Crippen LogP contribution in [0.3, 0.4) is 0 Å². The van der Waals surface area contributed by atoms with E-state index in [-0.39, 0.29) is 11.8 Å². The lowest BCUT2D eigenvalue weighted by Crippen LogP contribution is -2.33. The maximum atomic E-state index is 12.7. The smallest absolute Gasteiger partial charge is 0.255 e. The summed E-state index contributed by atoms with van der Waals surface area (Å²) in [5, 5.41) is 2.97. The molecule has 2 amide bonds. The quantitative estimate of drug-likeness (QED) is 0.883. The summed E-state index contributed by atoms with van der Waals surface area (Å²) in [6.07, 6.45) is 5.91. The van der Waals surface area contributed by atoms with Crippen molar-refractivity contribution in [2.24, 2.45) is 0 Å². The van der Waals surface area contributed by atoms with Gasteiger partial charge in [-0.1, -0.05) is 30.4 Å². The zero-order valence-corrected chi connectivity index (χ0v) is 15.5. The van der Waals surface area contributed by atoms with Gasteiger partial charge in [0.05, 0.1) is 0 Å². The van der Waals surface area contributed by atoms with Crippen LogP contribution in [0.4, 0.5) is 11.4 Å². The lowest BCUT2D eigenvalue weighted by Gasteiger charge is -2.29. The van der Waals surface area contributed by atoms with Gasteiger partial charge in [0.25, 0.3) is 5.91 Å². The molecule has 0 unspecified atom stereocenters. The van der Waals surface area contributed by atoms with E-state index in [1.165, 1.54) is 0 Å². The summed E-state index contributed by atoms with van der Waals surface area (Å²) in [6, 6.07) is 11.6. The summed E-state index contributed by atoms with van der Waals surface area (Å²) in [5.74, 6) is -0.107. The molecule has 2 aromatic rings. The predicted molar refractivity (Wildman–Crippen MR) is 107 cm³/mol. The highest BCUT2D eigenvalue weighted by molar-refractivity contribution is 6.06. The van der Waals surface area contributed by atoms with E-state index in [4.69, 9.17) is 0 Å². The lowest BCUT2D eigenvalue weighted by atomic mass is 10.0. The number of aryl methyl sites for hydroxylation is 2. The van der Waals surface area contributed by atoms with Crippen LogP contribution in [-0.2, 0) is 11.2 Å². The van der Waals surface area contributed by atoms with Crippen molar-refractivity contribution in [3.8, 4) is 0 Å². The van der Waals surface area contributed by atoms with Gasteiger partial charge in [0, 0.05) is 30.4 Å². The second kappa shape index (κ2) is 7.56. The Labute approximate surface area is 154 Å². The van der Waals surface area contributed by atoms with Crippen LogP contribution in [0.25, 0.3) is 6.08 Å². The third-order valence-electron chi connectivity index (χ3n) is 4.70. The Balaban J connectivity index is 1.84. The molecule has 0 aliphatic carbocycles. The number of rotatable bonds is 3. The summed E-state index contributed by atoms with van der Waals surface area (Å²) in [7, 11) is 0. The molecule has 4 heteroatoms. The van der Waals surface area contributed by atoms with E-state index in [1.54, 1.807) is 11.8 Å². The fourth-order valence-electron chi connectivity index (χ4n) is 3.42. The number of benzene rings is 2. The second-order valence-electron chi connectivity index (χ2n) is 6.65. The molecule has 3 rings (SSSR count). The zero-order valence-electron chi connectivity index (χ0n) is 15.5. The third-order valence-corrected chi connectivity index (χ3v) is 4.70. The van der Waals surface area contributed by atoms with Gasteiger partial charge in [0.1, 0.15) is 0 Å². The van der Waals surface area contributed by atoms with E-state index in [0.717, 1.165) is 41.8 Å². The first-order chi connectivity index (χ1) is 12.5. The molecule has 0 aromatic heterocycles. The third kappa shape index (κ3) is 3.69. The first-order valence-corrected chi connectivity index (χ1v) is 8.95. The molecule has 0 spiro atoms. The summed E-state index contributed by atoms with van der Waals surface area (Å²) < 4.78 is 0. The molecule has 1 N–H and O–H groups in total. The minimum Gasteiger partial charge on any atom is -0.322 e. The number of hydrogen-bond acceptors (Lipinski definition) is 2. The van der Waals surface area contributed by atoms with Crippen molar-refractivity contribution in [3.63, 3.8) is 0 Å². The fraction of sp³-hybridized carbons (Fsp3) is 0.273. The van der Waals surface area contributed by atoms with E-state index in [9.17, 15) is 9.59 Å². The Bertz CT molecular complexity index is 884. The van der Waals surface area contributed by atoms with Gasteiger partial charge in [-0.3, -0.25) is 9.59 Å². The standard InChI is InChI=1S/C22H24N2O2/c1-4-6-17-8-11-20(15(2)13-17)22(26)23-19-10-9-18-7-5-12-24(16(3)25)21(18)14-19/h4,6,8-11,13-14H,5,7,12H2,1-3H3,(H,23,26)/b6-4+. The SMILES string of the molecule is C/C=C/c1ccc(C(=O)Nc2ccc3c(c2)N(C(C)=O)CCC3)c(C)c1. The second-order valence-corrected chi connectivity index (χ2v) is 6.65. The molecule has 1 aliphatic heterocycles. The molecule has 2 aromatic carbocycles. The molecule has 0 bridgehead atoms. The molecular formula is C22H24N2O2. The van der Waals surface area contributed by atoms with Crippen LogP contribution < -0.4 is 10.2 Å². The molecule has 4 nitrogen and oxygen atoms in total. The van der Waals surface area contributed by atoms with Crippen molar-refractivity contribution < 1.29 is 9.59 Å². The van der Waals surface area contributed by atoms with Crippen LogP contribution in [0.2, 0.25) is 0 Å². The predicted octanol–water partition coefficient (Wildman–Crippen LogP) is 4.58. The van der Waals surface area contributed by atoms with E-state index in [2.05, 4.69) is 5.32 Å². The maximum absolute atomic E-state index is 12.7. The fourth-order valence-corrected chi connectivity index (χ4v) is 3.42. The Kier molecular flexibility index (Phi) is 5.21. The van der Waals surface area contributed by atoms with Gasteiger partial charge >= 0.3 is 0 Å². The number of allylic oxidation sites excluding steroid dienone is 1. The van der Waals surface area contributed by atoms with Crippen molar-refractivity contribution in [1.29, 1.82) is 0 Å². The van der Waals surface area contributed by atoms with Gasteiger partial charge in [0.15, 0.2) is 0 Å². The van der Waals surface area contributed by atoms with Gasteiger partial charge in [0.2, 0.25) is 5.91 Å². The normalized spacial score (nSPS) is 13.6. The van der Waals surface area contributed by atoms with Crippen LogP contribution in [-0.4, -0.2) is 18.4 Å². The highest BCUT2D eigenvalue weighted by atomic mass is 16.2. The highest BCUT2D eigenvalue weighted by Gasteiger charge is 2.20. The summed E-state index contributed by atoms with van der Waals surface area (Å²) in [4.78, 5) is 26.3. The monoisotopic (exact) mass is 348 g/mol. The van der Waals surface area contributed by atoms with Crippen molar-refractivity contribution >= 4 is 29.3 Å².